The van der Waals surface area contributed by atoms with Gasteiger partial charge in [-0.1, -0.05) is 28.1 Å². The molecule has 0 N–H and O–H groups in total. The highest BCUT2D eigenvalue weighted by Gasteiger charge is 2.11. The van der Waals surface area contributed by atoms with Crippen molar-refractivity contribution in [2.75, 3.05) is 13.2 Å². The highest BCUT2D eigenvalue weighted by molar-refractivity contribution is 9.10. The summed E-state index contributed by atoms with van der Waals surface area (Å²) < 4.78 is 15.5. The second-order valence-corrected chi connectivity index (χ2v) is 5.07. The maximum absolute atomic E-state index is 11.8. The Morgan fingerprint density at radius 1 is 1.24 bits per heavy atom. The van der Waals surface area contributed by atoms with E-state index in [0.29, 0.717) is 11.3 Å². The minimum atomic E-state index is -0.652. The summed E-state index contributed by atoms with van der Waals surface area (Å²) >= 11 is 3.27. The third-order valence-corrected chi connectivity index (χ3v) is 3.00. The fourth-order valence-corrected chi connectivity index (χ4v) is 1.72. The standard InChI is InChI=1S/C14H12BrNO5/c1-9-6-13(16-21-9)19-8-14(18)20-7-12(17)10-2-4-11(15)5-3-10/h2-6H,7-8H2,1H3. The van der Waals surface area contributed by atoms with Crippen molar-refractivity contribution in [1.82, 2.24) is 5.16 Å². The second kappa shape index (κ2) is 7.03. The van der Waals surface area contributed by atoms with Crippen LogP contribution in [-0.2, 0) is 9.53 Å². The number of esters is 1. The molecule has 0 atom stereocenters. The van der Waals surface area contributed by atoms with Crippen LogP contribution in [0.5, 0.6) is 5.88 Å². The molecular formula is C14H12BrNO5. The zero-order valence-electron chi connectivity index (χ0n) is 11.2. The second-order valence-electron chi connectivity index (χ2n) is 4.16. The smallest absolute Gasteiger partial charge is 0.344 e. The molecule has 0 aliphatic rings. The molecule has 0 radical (unpaired) electrons. The molecule has 0 amide bonds. The van der Waals surface area contributed by atoms with Gasteiger partial charge in [-0.3, -0.25) is 4.79 Å². The largest absolute Gasteiger partial charge is 0.463 e. The van der Waals surface area contributed by atoms with Gasteiger partial charge >= 0.3 is 5.97 Å². The maximum atomic E-state index is 11.8. The number of Topliss-reactive ketones (excluding diaryl/α,β-unsaturated/α-hetero) is 1. The first kappa shape index (κ1) is 15.2. The van der Waals surface area contributed by atoms with Crippen molar-refractivity contribution >= 4 is 27.7 Å². The van der Waals surface area contributed by atoms with Gasteiger partial charge in [0.2, 0.25) is 0 Å². The molecule has 21 heavy (non-hydrogen) atoms. The Balaban J connectivity index is 1.75. The lowest BCUT2D eigenvalue weighted by Gasteiger charge is -2.04. The van der Waals surface area contributed by atoms with E-state index in [1.54, 1.807) is 37.3 Å². The molecule has 1 heterocycles. The highest BCUT2D eigenvalue weighted by atomic mass is 79.9. The van der Waals surface area contributed by atoms with Gasteiger partial charge in [0.05, 0.1) is 0 Å². The SMILES string of the molecule is Cc1cc(OCC(=O)OCC(=O)c2ccc(Br)cc2)no1. The van der Waals surface area contributed by atoms with E-state index in [-0.39, 0.29) is 24.9 Å². The molecular weight excluding hydrogens is 342 g/mol. The Morgan fingerprint density at radius 3 is 2.57 bits per heavy atom. The van der Waals surface area contributed by atoms with Crippen molar-refractivity contribution in [2.24, 2.45) is 0 Å². The zero-order chi connectivity index (χ0) is 15.2. The number of ketones is 1. The van der Waals surface area contributed by atoms with Crippen molar-refractivity contribution in [2.45, 2.75) is 6.92 Å². The van der Waals surface area contributed by atoms with Crippen LogP contribution in [0.15, 0.2) is 39.3 Å². The van der Waals surface area contributed by atoms with E-state index < -0.39 is 5.97 Å². The average Bonchev–Trinajstić information content (AvgIpc) is 2.89. The van der Waals surface area contributed by atoms with Crippen molar-refractivity contribution < 1.29 is 23.6 Å². The number of ether oxygens (including phenoxy) is 2. The Morgan fingerprint density at radius 2 is 1.95 bits per heavy atom. The summed E-state index contributed by atoms with van der Waals surface area (Å²) in [7, 11) is 0. The minimum absolute atomic E-state index is 0.198. The molecule has 1 aromatic heterocycles. The van der Waals surface area contributed by atoms with Gasteiger partial charge in [-0.2, -0.15) is 0 Å². The van der Waals surface area contributed by atoms with Crippen molar-refractivity contribution in [1.29, 1.82) is 0 Å². The number of hydrogen-bond donors (Lipinski definition) is 0. The van der Waals surface area contributed by atoms with Crippen molar-refractivity contribution in [3.8, 4) is 5.88 Å². The number of aryl methyl sites for hydroxylation is 1. The lowest BCUT2D eigenvalue weighted by atomic mass is 10.1. The van der Waals surface area contributed by atoms with Gasteiger partial charge in [-0.25, -0.2) is 4.79 Å². The number of halogens is 1. The first-order chi connectivity index (χ1) is 10.0. The quantitative estimate of drug-likeness (QED) is 0.586. The molecule has 2 aromatic rings. The lowest BCUT2D eigenvalue weighted by Crippen LogP contribution is -2.19. The molecule has 110 valence electrons. The minimum Gasteiger partial charge on any atom is -0.463 e. The molecule has 0 spiro atoms. The third-order valence-electron chi connectivity index (χ3n) is 2.47. The van der Waals surface area contributed by atoms with Gasteiger partial charge < -0.3 is 14.0 Å². The van der Waals surface area contributed by atoms with Crippen LogP contribution in [0.1, 0.15) is 16.1 Å². The Bertz CT molecular complexity index is 635. The summed E-state index contributed by atoms with van der Waals surface area (Å²) in [6.45, 7) is 1.04. The van der Waals surface area contributed by atoms with Gasteiger partial charge in [0.25, 0.3) is 5.88 Å². The van der Waals surface area contributed by atoms with Crippen molar-refractivity contribution in [3.05, 3.63) is 46.1 Å². The lowest BCUT2D eigenvalue weighted by molar-refractivity contribution is -0.144. The molecule has 6 nitrogen and oxygen atoms in total. The number of benzene rings is 1. The highest BCUT2D eigenvalue weighted by Crippen LogP contribution is 2.11. The monoisotopic (exact) mass is 353 g/mol. The molecule has 0 aliphatic carbocycles. The first-order valence-corrected chi connectivity index (χ1v) is 6.84. The first-order valence-electron chi connectivity index (χ1n) is 6.05. The molecule has 0 saturated heterocycles. The van der Waals surface area contributed by atoms with Crippen LogP contribution in [0, 0.1) is 6.92 Å². The van der Waals surface area contributed by atoms with Gasteiger partial charge in [-0.05, 0) is 24.2 Å². The number of carbonyl (C=O) groups excluding carboxylic acids is 2. The van der Waals surface area contributed by atoms with Crippen LogP contribution < -0.4 is 4.74 Å². The number of hydrogen-bond acceptors (Lipinski definition) is 6. The van der Waals surface area contributed by atoms with E-state index in [2.05, 4.69) is 21.1 Å². The van der Waals surface area contributed by atoms with Crippen molar-refractivity contribution in [3.63, 3.8) is 0 Å². The Hall–Kier alpha value is -2.15. The molecule has 1 aromatic carbocycles. The fourth-order valence-electron chi connectivity index (χ4n) is 1.45. The van der Waals surface area contributed by atoms with Gasteiger partial charge in [0, 0.05) is 16.1 Å². The molecule has 7 heteroatoms. The van der Waals surface area contributed by atoms with Crippen LogP contribution in [-0.4, -0.2) is 30.1 Å². The summed E-state index contributed by atoms with van der Waals surface area (Å²) in [6.07, 6.45) is 0. The number of rotatable bonds is 6. The summed E-state index contributed by atoms with van der Waals surface area (Å²) in [5.41, 5.74) is 0.471. The number of aromatic nitrogens is 1. The molecule has 0 aliphatic heterocycles. The van der Waals surface area contributed by atoms with E-state index in [1.165, 1.54) is 0 Å². The van der Waals surface area contributed by atoms with E-state index >= 15 is 0 Å². The maximum Gasteiger partial charge on any atom is 0.344 e. The predicted octanol–water partition coefficient (Wildman–Crippen LogP) is 2.55. The summed E-state index contributed by atoms with van der Waals surface area (Å²) in [4.78, 5) is 23.2. The van der Waals surface area contributed by atoms with E-state index in [0.717, 1.165) is 4.47 Å². The van der Waals surface area contributed by atoms with Gasteiger partial charge in [0.1, 0.15) is 5.76 Å². The summed E-state index contributed by atoms with van der Waals surface area (Å²) in [5, 5.41) is 3.56. The molecule has 0 saturated carbocycles. The summed E-state index contributed by atoms with van der Waals surface area (Å²) in [6, 6.07) is 8.32. The molecule has 0 unspecified atom stereocenters. The van der Waals surface area contributed by atoms with Gasteiger partial charge in [-0.15, -0.1) is 0 Å². The van der Waals surface area contributed by atoms with Crippen LogP contribution in [0.2, 0.25) is 0 Å². The fraction of sp³-hybridized carbons (Fsp3) is 0.214. The number of nitrogens with zero attached hydrogens (tertiary/aromatic N) is 1. The van der Waals surface area contributed by atoms with Crippen LogP contribution in [0.4, 0.5) is 0 Å². The Labute approximate surface area is 129 Å². The van der Waals surface area contributed by atoms with Crippen LogP contribution in [0.3, 0.4) is 0 Å². The van der Waals surface area contributed by atoms with Gasteiger partial charge in [0.15, 0.2) is 19.0 Å². The van der Waals surface area contributed by atoms with Crippen LogP contribution >= 0.6 is 15.9 Å². The van der Waals surface area contributed by atoms with E-state index in [4.69, 9.17) is 14.0 Å². The number of carbonyl (C=O) groups is 2. The Kier molecular flexibility index (Phi) is 5.10. The molecule has 2 rings (SSSR count). The third kappa shape index (κ3) is 4.71. The average molecular weight is 354 g/mol. The zero-order valence-corrected chi connectivity index (χ0v) is 12.8. The van der Waals surface area contributed by atoms with E-state index in [9.17, 15) is 9.59 Å². The topological polar surface area (TPSA) is 78.6 Å². The normalized spacial score (nSPS) is 10.2. The van der Waals surface area contributed by atoms with Crippen LogP contribution in [0.25, 0.3) is 0 Å². The molecule has 0 fully saturated rings. The molecule has 0 bridgehead atoms. The van der Waals surface area contributed by atoms with E-state index in [1.807, 2.05) is 0 Å². The summed E-state index contributed by atoms with van der Waals surface area (Å²) in [5.74, 6) is -0.165. The predicted molar refractivity (Wildman–Crippen MR) is 76.2 cm³/mol.